The zero-order chi connectivity index (χ0) is 21.8. The number of benzene rings is 2. The number of para-hydroxylation sites is 1. The smallest absolute Gasteiger partial charge is 0.226 e. The van der Waals surface area contributed by atoms with Crippen molar-refractivity contribution in [2.45, 2.75) is 39.0 Å². The molecule has 0 fully saturated rings. The van der Waals surface area contributed by atoms with Crippen LogP contribution in [0.25, 0.3) is 21.8 Å². The number of ketones is 1. The molecule has 2 aliphatic carbocycles. The van der Waals surface area contributed by atoms with Crippen molar-refractivity contribution in [2.24, 2.45) is 11.8 Å². The monoisotopic (exact) mass is 407 g/mol. The fourth-order valence-corrected chi connectivity index (χ4v) is 5.62. The summed E-state index contributed by atoms with van der Waals surface area (Å²) in [7, 11) is 0. The molecular weight excluding hydrogens is 382 g/mol. The molecule has 4 heteroatoms. The van der Waals surface area contributed by atoms with Crippen molar-refractivity contribution in [1.29, 1.82) is 0 Å². The molecule has 0 unspecified atom stereocenters. The Morgan fingerprint density at radius 1 is 1.13 bits per heavy atom. The fourth-order valence-electron chi connectivity index (χ4n) is 5.62. The van der Waals surface area contributed by atoms with E-state index in [0.29, 0.717) is 0 Å². The van der Waals surface area contributed by atoms with Crippen LogP contribution < -0.4 is 0 Å². The van der Waals surface area contributed by atoms with Crippen LogP contribution in [0.5, 0.6) is 0 Å². The summed E-state index contributed by atoms with van der Waals surface area (Å²) in [5.41, 5.74) is 6.48. The SMILES string of the molecule is [C-]#[N+]C1=C[C@@]2(C)c3c(c(-c4ccccc4)nn3-c3ccccc3C)CC[C@@H]2[C@@H](C)C1=O. The second-order valence-electron chi connectivity index (χ2n) is 8.96. The number of fused-ring (bicyclic) bond motifs is 3. The van der Waals surface area contributed by atoms with Gasteiger partial charge in [0.1, 0.15) is 0 Å². The molecule has 2 aromatic carbocycles. The predicted molar refractivity (Wildman–Crippen MR) is 122 cm³/mol. The van der Waals surface area contributed by atoms with Crippen molar-refractivity contribution in [3.8, 4) is 16.9 Å². The number of carbonyl (C=O) groups excluding carboxylic acids is 1. The topological polar surface area (TPSA) is 39.2 Å². The molecule has 3 atom stereocenters. The lowest BCUT2D eigenvalue weighted by molar-refractivity contribution is -0.121. The summed E-state index contributed by atoms with van der Waals surface area (Å²) >= 11 is 0. The maximum atomic E-state index is 12.8. The molecule has 154 valence electrons. The van der Waals surface area contributed by atoms with Gasteiger partial charge in [-0.05, 0) is 37.3 Å². The largest absolute Gasteiger partial charge is 0.308 e. The van der Waals surface area contributed by atoms with Gasteiger partial charge in [-0.25, -0.2) is 9.53 Å². The van der Waals surface area contributed by atoms with E-state index >= 15 is 0 Å². The van der Waals surface area contributed by atoms with Crippen LogP contribution in [-0.4, -0.2) is 15.6 Å². The van der Waals surface area contributed by atoms with Gasteiger partial charge in [0, 0.05) is 22.5 Å². The van der Waals surface area contributed by atoms with Gasteiger partial charge in [-0.2, -0.15) is 5.10 Å². The highest BCUT2D eigenvalue weighted by Crippen LogP contribution is 2.52. The van der Waals surface area contributed by atoms with Gasteiger partial charge >= 0.3 is 0 Å². The maximum Gasteiger partial charge on any atom is 0.226 e. The molecular formula is C27H25N3O. The molecule has 1 heterocycles. The van der Waals surface area contributed by atoms with E-state index in [9.17, 15) is 4.79 Å². The molecule has 0 bridgehead atoms. The van der Waals surface area contributed by atoms with Gasteiger partial charge in [-0.3, -0.25) is 0 Å². The molecule has 31 heavy (non-hydrogen) atoms. The van der Waals surface area contributed by atoms with E-state index in [2.05, 4.69) is 47.6 Å². The van der Waals surface area contributed by atoms with Gasteiger partial charge in [-0.1, -0.05) is 68.5 Å². The van der Waals surface area contributed by atoms with Gasteiger partial charge in [-0.15, -0.1) is 0 Å². The first kappa shape index (κ1) is 19.5. The number of Topliss-reactive ketones (excluding diaryl/α,β-unsaturated/α-hetero) is 1. The Morgan fingerprint density at radius 2 is 1.84 bits per heavy atom. The van der Waals surface area contributed by atoms with E-state index in [1.807, 2.05) is 43.3 Å². The number of hydrogen-bond donors (Lipinski definition) is 0. The van der Waals surface area contributed by atoms with E-state index < -0.39 is 5.41 Å². The van der Waals surface area contributed by atoms with Gasteiger partial charge in [0.25, 0.3) is 0 Å². The second kappa shape index (κ2) is 7.06. The average molecular weight is 408 g/mol. The first-order valence-electron chi connectivity index (χ1n) is 10.8. The molecule has 1 aromatic heterocycles. The standard InChI is InChI=1S/C27H25N3O/c1-17-10-8-9-13-23(17)30-26-20(24(29-30)19-11-6-5-7-12-19)14-15-21-18(2)25(31)22(28-4)16-27(21,26)3/h5-13,16,18,21H,14-15H2,1-3H3/t18-,21-,27-/m1/s1. The number of rotatable bonds is 2. The number of carbonyl (C=O) groups is 1. The quantitative estimate of drug-likeness (QED) is 0.512. The normalized spacial score (nSPS) is 24.7. The zero-order valence-electron chi connectivity index (χ0n) is 18.1. The van der Waals surface area contributed by atoms with Crippen molar-refractivity contribution in [3.63, 3.8) is 0 Å². The van der Waals surface area contributed by atoms with Gasteiger partial charge in [0.2, 0.25) is 5.70 Å². The third-order valence-corrected chi connectivity index (χ3v) is 7.19. The highest BCUT2D eigenvalue weighted by Gasteiger charge is 2.50. The van der Waals surface area contributed by atoms with Gasteiger partial charge in [0.05, 0.1) is 23.6 Å². The van der Waals surface area contributed by atoms with Crippen LogP contribution in [0.2, 0.25) is 0 Å². The number of hydrogen-bond acceptors (Lipinski definition) is 2. The first-order valence-corrected chi connectivity index (χ1v) is 10.8. The Balaban J connectivity index is 1.85. The molecule has 3 aromatic rings. The number of allylic oxidation sites excluding steroid dienone is 2. The lowest BCUT2D eigenvalue weighted by atomic mass is 9.58. The Bertz CT molecular complexity index is 1260. The van der Waals surface area contributed by atoms with Crippen molar-refractivity contribution in [2.75, 3.05) is 0 Å². The zero-order valence-corrected chi connectivity index (χ0v) is 18.1. The van der Waals surface area contributed by atoms with Crippen molar-refractivity contribution in [3.05, 3.63) is 94.6 Å². The van der Waals surface area contributed by atoms with Crippen LogP contribution in [0.15, 0.2) is 66.4 Å². The summed E-state index contributed by atoms with van der Waals surface area (Å²) in [6, 6.07) is 18.6. The summed E-state index contributed by atoms with van der Waals surface area (Å²) in [5.74, 6) is -0.0418. The highest BCUT2D eigenvalue weighted by atomic mass is 16.1. The minimum absolute atomic E-state index is 0.0221. The molecule has 0 radical (unpaired) electrons. The third-order valence-electron chi connectivity index (χ3n) is 7.19. The summed E-state index contributed by atoms with van der Waals surface area (Å²) in [5, 5.41) is 5.15. The molecule has 4 nitrogen and oxygen atoms in total. The number of aryl methyl sites for hydroxylation is 1. The van der Waals surface area contributed by atoms with Crippen LogP contribution in [0, 0.1) is 25.3 Å². The Morgan fingerprint density at radius 3 is 2.55 bits per heavy atom. The molecule has 2 aliphatic rings. The Labute approximate surface area is 183 Å². The van der Waals surface area contributed by atoms with Crippen molar-refractivity contribution < 1.29 is 4.79 Å². The Kier molecular flexibility index (Phi) is 4.44. The predicted octanol–water partition coefficient (Wildman–Crippen LogP) is 5.69. The summed E-state index contributed by atoms with van der Waals surface area (Å²) < 4.78 is 2.08. The minimum Gasteiger partial charge on any atom is -0.308 e. The molecule has 0 saturated carbocycles. The van der Waals surface area contributed by atoms with Crippen molar-refractivity contribution >= 4 is 5.78 Å². The summed E-state index contributed by atoms with van der Waals surface area (Å²) in [4.78, 5) is 16.4. The van der Waals surface area contributed by atoms with Crippen LogP contribution in [0.4, 0.5) is 0 Å². The summed E-state index contributed by atoms with van der Waals surface area (Å²) in [6.07, 6.45) is 3.72. The molecule has 0 spiro atoms. The van der Waals surface area contributed by atoms with E-state index in [1.165, 1.54) is 5.56 Å². The van der Waals surface area contributed by atoms with E-state index in [0.717, 1.165) is 41.0 Å². The highest BCUT2D eigenvalue weighted by molar-refractivity contribution is 6.00. The molecule has 0 aliphatic heterocycles. The minimum atomic E-state index is -0.427. The van der Waals surface area contributed by atoms with Crippen LogP contribution >= 0.6 is 0 Å². The van der Waals surface area contributed by atoms with Gasteiger partial charge < -0.3 is 4.79 Å². The van der Waals surface area contributed by atoms with E-state index in [-0.39, 0.29) is 23.3 Å². The Hall–Kier alpha value is -3.45. The fraction of sp³-hybridized carbons (Fsp3) is 0.296. The second-order valence-corrected chi connectivity index (χ2v) is 8.96. The maximum absolute atomic E-state index is 12.8. The lowest BCUT2D eigenvalue weighted by Crippen LogP contribution is -2.46. The van der Waals surface area contributed by atoms with Crippen LogP contribution in [0.3, 0.4) is 0 Å². The van der Waals surface area contributed by atoms with Crippen LogP contribution in [-0.2, 0) is 16.6 Å². The van der Waals surface area contributed by atoms with E-state index in [1.54, 1.807) is 0 Å². The molecule has 0 amide bonds. The van der Waals surface area contributed by atoms with E-state index in [4.69, 9.17) is 11.7 Å². The number of aromatic nitrogens is 2. The van der Waals surface area contributed by atoms with Crippen LogP contribution in [0.1, 0.15) is 37.1 Å². The summed E-state index contributed by atoms with van der Waals surface area (Å²) in [6.45, 7) is 13.9. The molecule has 0 N–H and O–H groups in total. The lowest BCUT2D eigenvalue weighted by Gasteiger charge is -2.45. The van der Waals surface area contributed by atoms with Crippen molar-refractivity contribution in [1.82, 2.24) is 9.78 Å². The molecule has 0 saturated heterocycles. The molecule has 5 rings (SSSR count). The number of nitrogens with zero attached hydrogens (tertiary/aromatic N) is 3. The van der Waals surface area contributed by atoms with Gasteiger partial charge in [0.15, 0.2) is 5.78 Å². The average Bonchev–Trinajstić information content (AvgIpc) is 3.18. The third kappa shape index (κ3) is 2.80. The first-order chi connectivity index (χ1) is 15.0.